The van der Waals surface area contributed by atoms with Crippen LogP contribution in [0.1, 0.15) is 43.0 Å². The Labute approximate surface area is 153 Å². The second kappa shape index (κ2) is 5.77. The van der Waals surface area contributed by atoms with Gasteiger partial charge in [0, 0.05) is 30.8 Å². The van der Waals surface area contributed by atoms with Crippen LogP contribution >= 0.6 is 0 Å². The van der Waals surface area contributed by atoms with Crippen LogP contribution in [0.3, 0.4) is 0 Å². The van der Waals surface area contributed by atoms with Crippen molar-refractivity contribution in [1.82, 2.24) is 9.97 Å². The Kier molecular flexibility index (Phi) is 3.50. The van der Waals surface area contributed by atoms with Crippen LogP contribution in [-0.2, 0) is 6.54 Å². The van der Waals surface area contributed by atoms with Gasteiger partial charge < -0.3 is 15.4 Å². The third-order valence-electron chi connectivity index (χ3n) is 5.51. The number of anilines is 1. The standard InChI is InChI=1S/C20H23N5O/c1-20(5-6-20)26-15-3-2-13-10-22-19(16(13)8-15)17-9-18(24-12-23-17)25-7-4-14(21)11-25/h2-3,8-9,12,14H,4-7,10-11,21H2,1H3/t14-/m0/s1. The summed E-state index contributed by atoms with van der Waals surface area (Å²) in [6.07, 6.45) is 4.87. The maximum absolute atomic E-state index is 6.13. The van der Waals surface area contributed by atoms with E-state index in [1.807, 2.05) is 6.07 Å². The molecule has 0 unspecified atom stereocenters. The Hall–Kier alpha value is -2.47. The number of aromatic nitrogens is 2. The minimum atomic E-state index is 0.0146. The van der Waals surface area contributed by atoms with E-state index in [4.69, 9.17) is 15.5 Å². The van der Waals surface area contributed by atoms with E-state index in [1.54, 1.807) is 6.33 Å². The summed E-state index contributed by atoms with van der Waals surface area (Å²) in [4.78, 5) is 15.9. The second-order valence-electron chi connectivity index (χ2n) is 7.79. The van der Waals surface area contributed by atoms with Crippen molar-refractivity contribution < 1.29 is 4.74 Å². The van der Waals surface area contributed by atoms with Crippen molar-refractivity contribution in [3.8, 4) is 5.75 Å². The van der Waals surface area contributed by atoms with Crippen LogP contribution in [0.5, 0.6) is 5.75 Å². The number of ether oxygens (including phenoxy) is 1. The van der Waals surface area contributed by atoms with E-state index in [0.717, 1.165) is 60.9 Å². The van der Waals surface area contributed by atoms with Crippen LogP contribution in [0.4, 0.5) is 5.82 Å². The summed E-state index contributed by atoms with van der Waals surface area (Å²) < 4.78 is 6.13. The Morgan fingerprint density at radius 3 is 2.88 bits per heavy atom. The molecule has 2 aliphatic heterocycles. The predicted molar refractivity (Wildman–Crippen MR) is 101 cm³/mol. The van der Waals surface area contributed by atoms with Gasteiger partial charge in [-0.2, -0.15) is 0 Å². The number of nitrogens with two attached hydrogens (primary N) is 1. The molecule has 1 atom stereocenters. The maximum atomic E-state index is 6.13. The quantitative estimate of drug-likeness (QED) is 0.916. The van der Waals surface area contributed by atoms with Crippen LogP contribution in [-0.4, -0.2) is 40.4 Å². The zero-order valence-electron chi connectivity index (χ0n) is 15.0. The Balaban J connectivity index is 1.44. The molecule has 6 heteroatoms. The highest BCUT2D eigenvalue weighted by Crippen LogP contribution is 2.40. The van der Waals surface area contributed by atoms with Crippen molar-refractivity contribution in [2.45, 2.75) is 44.4 Å². The molecule has 0 radical (unpaired) electrons. The van der Waals surface area contributed by atoms with Gasteiger partial charge in [0.15, 0.2) is 0 Å². The molecule has 2 fully saturated rings. The van der Waals surface area contributed by atoms with Gasteiger partial charge >= 0.3 is 0 Å². The molecule has 0 amide bonds. The molecule has 1 saturated carbocycles. The second-order valence-corrected chi connectivity index (χ2v) is 7.79. The number of hydrogen-bond donors (Lipinski definition) is 1. The zero-order valence-corrected chi connectivity index (χ0v) is 15.0. The lowest BCUT2D eigenvalue weighted by atomic mass is 10.0. The topological polar surface area (TPSA) is 76.6 Å². The van der Waals surface area contributed by atoms with E-state index in [1.165, 1.54) is 5.56 Å². The van der Waals surface area contributed by atoms with E-state index >= 15 is 0 Å². The summed E-state index contributed by atoms with van der Waals surface area (Å²) >= 11 is 0. The van der Waals surface area contributed by atoms with Gasteiger partial charge in [0.2, 0.25) is 0 Å². The highest BCUT2D eigenvalue weighted by atomic mass is 16.5. The lowest BCUT2D eigenvalue weighted by molar-refractivity contribution is 0.200. The monoisotopic (exact) mass is 349 g/mol. The van der Waals surface area contributed by atoms with E-state index in [2.05, 4.69) is 40.0 Å². The Morgan fingerprint density at radius 1 is 1.23 bits per heavy atom. The third kappa shape index (κ3) is 2.84. The number of hydrogen-bond acceptors (Lipinski definition) is 6. The minimum absolute atomic E-state index is 0.0146. The molecular weight excluding hydrogens is 326 g/mol. The smallest absolute Gasteiger partial charge is 0.132 e. The molecule has 3 heterocycles. The van der Waals surface area contributed by atoms with Crippen molar-refractivity contribution >= 4 is 11.5 Å². The fourth-order valence-electron chi connectivity index (χ4n) is 3.65. The van der Waals surface area contributed by atoms with E-state index in [9.17, 15) is 0 Å². The average Bonchev–Trinajstić information content (AvgIpc) is 3.05. The molecule has 1 aromatic carbocycles. The van der Waals surface area contributed by atoms with Gasteiger partial charge in [0.25, 0.3) is 0 Å². The Morgan fingerprint density at radius 2 is 2.12 bits per heavy atom. The number of aliphatic imine (C=N–C) groups is 1. The molecule has 0 bridgehead atoms. The summed E-state index contributed by atoms with van der Waals surface area (Å²) in [7, 11) is 0. The van der Waals surface area contributed by atoms with Gasteiger partial charge in [-0.1, -0.05) is 6.07 Å². The van der Waals surface area contributed by atoms with Gasteiger partial charge in [0.1, 0.15) is 23.5 Å². The third-order valence-corrected chi connectivity index (χ3v) is 5.51. The Bertz CT molecular complexity index is 890. The minimum Gasteiger partial charge on any atom is -0.488 e. The molecule has 2 aromatic rings. The zero-order chi connectivity index (χ0) is 17.7. The summed E-state index contributed by atoms with van der Waals surface area (Å²) in [5, 5.41) is 0. The van der Waals surface area contributed by atoms with Gasteiger partial charge in [-0.3, -0.25) is 4.99 Å². The number of fused-ring (bicyclic) bond motifs is 1. The molecule has 5 rings (SSSR count). The first-order valence-electron chi connectivity index (χ1n) is 9.29. The normalized spacial score (nSPS) is 22.9. The first kappa shape index (κ1) is 15.8. The van der Waals surface area contributed by atoms with Crippen molar-refractivity contribution in [2.75, 3.05) is 18.0 Å². The first-order valence-corrected chi connectivity index (χ1v) is 9.29. The van der Waals surface area contributed by atoms with Crippen LogP contribution in [0.2, 0.25) is 0 Å². The van der Waals surface area contributed by atoms with Crippen molar-refractivity contribution in [3.63, 3.8) is 0 Å². The fraction of sp³-hybridized carbons (Fsp3) is 0.450. The molecule has 26 heavy (non-hydrogen) atoms. The van der Waals surface area contributed by atoms with Gasteiger partial charge in [-0.25, -0.2) is 9.97 Å². The van der Waals surface area contributed by atoms with Gasteiger partial charge in [0.05, 0.1) is 18.0 Å². The van der Waals surface area contributed by atoms with Crippen molar-refractivity contribution in [1.29, 1.82) is 0 Å². The van der Waals surface area contributed by atoms with E-state index in [-0.39, 0.29) is 11.6 Å². The largest absolute Gasteiger partial charge is 0.488 e. The summed E-state index contributed by atoms with van der Waals surface area (Å²) in [6, 6.07) is 8.54. The van der Waals surface area contributed by atoms with Gasteiger partial charge in [-0.05, 0) is 43.9 Å². The number of rotatable bonds is 4. The molecule has 1 saturated heterocycles. The molecule has 134 valence electrons. The van der Waals surface area contributed by atoms with Gasteiger partial charge in [-0.15, -0.1) is 0 Å². The van der Waals surface area contributed by atoms with Crippen molar-refractivity contribution in [3.05, 3.63) is 47.4 Å². The predicted octanol–water partition coefficient (Wildman–Crippen LogP) is 2.30. The highest BCUT2D eigenvalue weighted by molar-refractivity contribution is 6.14. The molecular formula is C20H23N5O. The first-order chi connectivity index (χ1) is 12.6. The summed E-state index contributed by atoms with van der Waals surface area (Å²) in [5.74, 6) is 1.84. The molecule has 2 N–H and O–H groups in total. The van der Waals surface area contributed by atoms with E-state index < -0.39 is 0 Å². The average molecular weight is 349 g/mol. The number of benzene rings is 1. The molecule has 6 nitrogen and oxygen atoms in total. The SMILES string of the molecule is CC1(Oc2ccc3c(c2)C(c2cc(N4CC[C@H](N)C4)ncn2)=NC3)CC1. The summed E-state index contributed by atoms with van der Waals surface area (Å²) in [5.41, 5.74) is 10.2. The molecule has 1 aliphatic carbocycles. The molecule has 1 aromatic heterocycles. The van der Waals surface area contributed by atoms with Crippen LogP contribution in [0.15, 0.2) is 35.6 Å². The lowest BCUT2D eigenvalue weighted by Crippen LogP contribution is -2.27. The summed E-state index contributed by atoms with van der Waals surface area (Å²) in [6.45, 7) is 4.64. The fourth-order valence-corrected chi connectivity index (χ4v) is 3.65. The molecule has 0 spiro atoms. The lowest BCUT2D eigenvalue weighted by Gasteiger charge is -2.17. The maximum Gasteiger partial charge on any atom is 0.132 e. The molecule has 3 aliphatic rings. The van der Waals surface area contributed by atoms with Crippen LogP contribution in [0, 0.1) is 0 Å². The van der Waals surface area contributed by atoms with E-state index in [0.29, 0.717) is 6.54 Å². The van der Waals surface area contributed by atoms with Crippen LogP contribution < -0.4 is 15.4 Å². The number of nitrogens with zero attached hydrogens (tertiary/aromatic N) is 4. The van der Waals surface area contributed by atoms with Crippen molar-refractivity contribution in [2.24, 2.45) is 10.7 Å². The highest BCUT2D eigenvalue weighted by Gasteiger charge is 2.40. The van der Waals surface area contributed by atoms with Crippen LogP contribution in [0.25, 0.3) is 0 Å².